The van der Waals surface area contributed by atoms with Gasteiger partial charge in [0.2, 0.25) is 5.91 Å². The Bertz CT molecular complexity index is 1040. The molecule has 0 heterocycles. The summed E-state index contributed by atoms with van der Waals surface area (Å²) in [6, 6.07) is 19.1. The number of carbonyl (C=O) groups excluding carboxylic acids is 2. The molecular formula is C24H24N2O5. The SMILES string of the molecule is O=C(CCc1c(C(=O)CNO)cc2cccccc1-2)N[C@H](Cc1ccccc1)C(=O)O. The Labute approximate surface area is 180 Å². The Morgan fingerprint density at radius 2 is 1.61 bits per heavy atom. The Morgan fingerprint density at radius 3 is 2.29 bits per heavy atom. The quantitative estimate of drug-likeness (QED) is 0.296. The van der Waals surface area contributed by atoms with Gasteiger partial charge in [0.05, 0.1) is 6.54 Å². The number of nitrogens with one attached hydrogen (secondary N) is 2. The number of carboxylic acid groups (broad SMARTS) is 1. The molecule has 7 nitrogen and oxygen atoms in total. The van der Waals surface area contributed by atoms with Gasteiger partial charge in [-0.3, -0.25) is 9.59 Å². The average molecular weight is 420 g/mol. The van der Waals surface area contributed by atoms with Crippen molar-refractivity contribution in [1.82, 2.24) is 10.8 Å². The second-order valence-electron chi connectivity index (χ2n) is 7.22. The third-order valence-electron chi connectivity index (χ3n) is 5.08. The maximum absolute atomic E-state index is 12.5. The second kappa shape index (κ2) is 10.5. The van der Waals surface area contributed by atoms with Gasteiger partial charge in [-0.25, -0.2) is 4.79 Å². The van der Waals surface area contributed by atoms with Gasteiger partial charge < -0.3 is 15.6 Å². The molecule has 0 saturated heterocycles. The molecule has 0 aliphatic heterocycles. The summed E-state index contributed by atoms with van der Waals surface area (Å²) in [7, 11) is 0. The van der Waals surface area contributed by atoms with Crippen LogP contribution in [0, 0.1) is 0 Å². The van der Waals surface area contributed by atoms with Crippen LogP contribution in [-0.4, -0.2) is 40.6 Å². The van der Waals surface area contributed by atoms with E-state index in [0.29, 0.717) is 11.1 Å². The zero-order chi connectivity index (χ0) is 22.2. The highest BCUT2D eigenvalue weighted by Crippen LogP contribution is 2.32. The van der Waals surface area contributed by atoms with Gasteiger partial charge in [-0.1, -0.05) is 60.7 Å². The van der Waals surface area contributed by atoms with Gasteiger partial charge in [-0.2, -0.15) is 5.48 Å². The van der Waals surface area contributed by atoms with Gasteiger partial charge in [0, 0.05) is 18.4 Å². The molecule has 1 aromatic rings. The van der Waals surface area contributed by atoms with Crippen LogP contribution in [-0.2, 0) is 22.4 Å². The standard InChI is InChI=1S/C24H24N2O5/c27-22(15-25-31)20-14-17-9-5-2-6-10-18(17)19(20)11-12-23(28)26-21(24(29)30)13-16-7-3-1-4-8-16/h1-10,14,21,25,31H,11-13,15H2,(H,26,28)(H,29,30)/t21-/m1/s1. The smallest absolute Gasteiger partial charge is 0.326 e. The number of hydroxylamine groups is 1. The molecule has 0 unspecified atom stereocenters. The largest absolute Gasteiger partial charge is 0.480 e. The Balaban J connectivity index is 1.74. The lowest BCUT2D eigenvalue weighted by Crippen LogP contribution is -2.42. The molecule has 3 rings (SSSR count). The number of carboxylic acids is 1. The molecule has 1 aromatic carbocycles. The van der Waals surface area contributed by atoms with Gasteiger partial charge in [-0.15, -0.1) is 0 Å². The molecule has 0 spiro atoms. The van der Waals surface area contributed by atoms with Crippen LogP contribution < -0.4 is 10.8 Å². The van der Waals surface area contributed by atoms with Crippen LogP contribution in [0.1, 0.15) is 27.9 Å². The number of ketones is 1. The van der Waals surface area contributed by atoms with E-state index in [9.17, 15) is 19.5 Å². The molecule has 2 aliphatic rings. The number of benzene rings is 1. The molecule has 1 atom stereocenters. The number of amides is 1. The van der Waals surface area contributed by atoms with E-state index < -0.39 is 17.9 Å². The van der Waals surface area contributed by atoms with E-state index in [1.807, 2.05) is 66.1 Å². The summed E-state index contributed by atoms with van der Waals surface area (Å²) in [5, 5.41) is 21.0. The predicted octanol–water partition coefficient (Wildman–Crippen LogP) is 2.70. The lowest BCUT2D eigenvalue weighted by molar-refractivity contribution is -0.141. The molecule has 0 fully saturated rings. The van der Waals surface area contributed by atoms with Gasteiger partial charge >= 0.3 is 5.97 Å². The van der Waals surface area contributed by atoms with Crippen molar-refractivity contribution < 1.29 is 24.7 Å². The fourth-order valence-electron chi connectivity index (χ4n) is 3.59. The number of carbonyl (C=O) groups is 3. The van der Waals surface area contributed by atoms with Crippen molar-refractivity contribution in [2.75, 3.05) is 6.54 Å². The number of Topliss-reactive ketones (excluding diaryl/α,β-unsaturated/α-hetero) is 1. The van der Waals surface area contributed by atoms with Crippen LogP contribution in [0.15, 0.2) is 66.7 Å². The molecule has 4 N–H and O–H groups in total. The molecule has 160 valence electrons. The normalized spacial score (nSPS) is 11.8. The first kappa shape index (κ1) is 22.1. The first-order chi connectivity index (χ1) is 15.0. The van der Waals surface area contributed by atoms with Gasteiger partial charge in [-0.05, 0) is 34.7 Å². The van der Waals surface area contributed by atoms with E-state index in [0.717, 1.165) is 16.7 Å². The monoisotopic (exact) mass is 420 g/mol. The third kappa shape index (κ3) is 5.75. The Morgan fingerprint density at radius 1 is 0.935 bits per heavy atom. The summed E-state index contributed by atoms with van der Waals surface area (Å²) >= 11 is 0. The fourth-order valence-corrected chi connectivity index (χ4v) is 3.59. The first-order valence-corrected chi connectivity index (χ1v) is 9.96. The van der Waals surface area contributed by atoms with Crippen molar-refractivity contribution >= 4 is 17.7 Å². The van der Waals surface area contributed by atoms with E-state index in [-0.39, 0.29) is 31.6 Å². The van der Waals surface area contributed by atoms with E-state index in [1.165, 1.54) is 0 Å². The number of fused-ring (bicyclic) bond motifs is 1. The van der Waals surface area contributed by atoms with E-state index in [2.05, 4.69) is 5.32 Å². The summed E-state index contributed by atoms with van der Waals surface area (Å²) in [5.74, 6) is -1.80. The van der Waals surface area contributed by atoms with Crippen LogP contribution in [0.3, 0.4) is 0 Å². The lowest BCUT2D eigenvalue weighted by Gasteiger charge is -2.15. The van der Waals surface area contributed by atoms with Crippen molar-refractivity contribution in [2.45, 2.75) is 25.3 Å². The van der Waals surface area contributed by atoms with Gasteiger partial charge in [0.25, 0.3) is 0 Å². The zero-order valence-electron chi connectivity index (χ0n) is 16.9. The van der Waals surface area contributed by atoms with Crippen LogP contribution in [0.25, 0.3) is 11.1 Å². The van der Waals surface area contributed by atoms with Crippen LogP contribution in [0.4, 0.5) is 0 Å². The minimum Gasteiger partial charge on any atom is -0.480 e. The third-order valence-corrected chi connectivity index (χ3v) is 5.08. The summed E-state index contributed by atoms with van der Waals surface area (Å²) in [6.45, 7) is -0.236. The molecule has 0 aromatic heterocycles. The Kier molecular flexibility index (Phi) is 7.48. The number of rotatable bonds is 10. The number of aliphatic carboxylic acids is 1. The minimum atomic E-state index is -1.10. The van der Waals surface area contributed by atoms with Gasteiger partial charge in [0.1, 0.15) is 6.04 Å². The molecule has 31 heavy (non-hydrogen) atoms. The molecule has 0 saturated carbocycles. The maximum Gasteiger partial charge on any atom is 0.326 e. The van der Waals surface area contributed by atoms with Crippen molar-refractivity contribution in [3.63, 3.8) is 0 Å². The molecule has 1 amide bonds. The highest BCUT2D eigenvalue weighted by atomic mass is 16.5. The summed E-state index contributed by atoms with van der Waals surface area (Å²) in [5.41, 5.74) is 5.54. The van der Waals surface area contributed by atoms with Crippen molar-refractivity contribution in [2.24, 2.45) is 0 Å². The highest BCUT2D eigenvalue weighted by molar-refractivity contribution is 6.03. The van der Waals surface area contributed by atoms with E-state index in [4.69, 9.17) is 5.21 Å². The number of hydrogen-bond donors (Lipinski definition) is 4. The topological polar surface area (TPSA) is 116 Å². The van der Waals surface area contributed by atoms with Gasteiger partial charge in [0.15, 0.2) is 5.78 Å². The molecular weight excluding hydrogens is 396 g/mol. The molecule has 0 bridgehead atoms. The summed E-state index contributed by atoms with van der Waals surface area (Å²) in [4.78, 5) is 36.6. The zero-order valence-corrected chi connectivity index (χ0v) is 16.9. The second-order valence-corrected chi connectivity index (χ2v) is 7.22. The van der Waals surface area contributed by atoms with Crippen LogP contribution in [0.5, 0.6) is 0 Å². The molecule has 7 heteroatoms. The maximum atomic E-state index is 12.5. The predicted molar refractivity (Wildman–Crippen MR) is 115 cm³/mol. The number of hydrogen-bond acceptors (Lipinski definition) is 5. The summed E-state index contributed by atoms with van der Waals surface area (Å²) < 4.78 is 0. The molecule has 0 radical (unpaired) electrons. The summed E-state index contributed by atoms with van der Waals surface area (Å²) in [6.07, 6.45) is 0.482. The van der Waals surface area contributed by atoms with E-state index in [1.54, 1.807) is 6.07 Å². The average Bonchev–Trinajstić information content (AvgIpc) is 2.93. The highest BCUT2D eigenvalue weighted by Gasteiger charge is 2.23. The van der Waals surface area contributed by atoms with E-state index >= 15 is 0 Å². The molecule has 2 aliphatic carbocycles. The fraction of sp³-hybridized carbons (Fsp3) is 0.208. The Hall–Kier alpha value is -3.55. The van der Waals surface area contributed by atoms with Crippen LogP contribution >= 0.6 is 0 Å². The first-order valence-electron chi connectivity index (χ1n) is 9.96. The van der Waals surface area contributed by atoms with Crippen molar-refractivity contribution in [3.05, 3.63) is 83.4 Å². The van der Waals surface area contributed by atoms with Crippen molar-refractivity contribution in [1.29, 1.82) is 0 Å². The van der Waals surface area contributed by atoms with Crippen LogP contribution in [0.2, 0.25) is 0 Å². The van der Waals surface area contributed by atoms with Crippen molar-refractivity contribution in [3.8, 4) is 11.1 Å². The minimum absolute atomic E-state index is 0.0309. The lowest BCUT2D eigenvalue weighted by atomic mass is 10.0.